The monoisotopic (exact) mass is 285 g/mol. The Bertz CT molecular complexity index is 523. The minimum atomic E-state index is -2.45. The van der Waals surface area contributed by atoms with Crippen molar-refractivity contribution in [2.45, 2.75) is 31.2 Å². The maximum atomic E-state index is 12.1. The van der Waals surface area contributed by atoms with Crippen molar-refractivity contribution in [3.05, 3.63) is 35.3 Å². The van der Waals surface area contributed by atoms with Crippen molar-refractivity contribution in [2.75, 3.05) is 5.32 Å². The third-order valence-electron chi connectivity index (χ3n) is 2.60. The van der Waals surface area contributed by atoms with Crippen LogP contribution in [0.25, 0.3) is 0 Å². The molecule has 0 aliphatic rings. The van der Waals surface area contributed by atoms with Crippen molar-refractivity contribution < 1.29 is 13.3 Å². The van der Waals surface area contributed by atoms with Crippen LogP contribution in [0.1, 0.15) is 17.0 Å². The quantitative estimate of drug-likeness (QED) is 0.850. The average Bonchev–Trinajstić information content (AvgIpc) is 2.68. The molecule has 2 aromatic rings. The number of aromatic nitrogens is 2. The van der Waals surface area contributed by atoms with Crippen molar-refractivity contribution in [1.82, 2.24) is 10.1 Å². The van der Waals surface area contributed by atoms with Crippen LogP contribution in [0.4, 0.5) is 14.5 Å². The van der Waals surface area contributed by atoms with Gasteiger partial charge in [-0.1, -0.05) is 5.16 Å². The predicted molar refractivity (Wildman–Crippen MR) is 69.4 cm³/mol. The first-order valence-electron chi connectivity index (χ1n) is 5.62. The van der Waals surface area contributed by atoms with Crippen molar-refractivity contribution in [3.8, 4) is 0 Å². The molecule has 0 unspecified atom stereocenters. The molecule has 0 fully saturated rings. The van der Waals surface area contributed by atoms with E-state index < -0.39 is 5.76 Å². The number of hydrogen-bond donors (Lipinski definition) is 1. The third-order valence-corrected chi connectivity index (χ3v) is 3.26. The Hall–Kier alpha value is -1.63. The first kappa shape index (κ1) is 13.8. The van der Waals surface area contributed by atoms with Crippen molar-refractivity contribution >= 4 is 17.4 Å². The Morgan fingerprint density at radius 3 is 2.68 bits per heavy atom. The number of rotatable bonds is 5. The summed E-state index contributed by atoms with van der Waals surface area (Å²) in [6, 6.07) is 3.28. The number of nitrogens with one attached hydrogen (secondary N) is 1. The summed E-state index contributed by atoms with van der Waals surface area (Å²) in [4.78, 5) is 3.95. The molecule has 0 atom stereocenters. The van der Waals surface area contributed by atoms with Gasteiger partial charge in [-0.25, -0.2) is 4.98 Å². The molecule has 2 heterocycles. The largest absolute Gasteiger partial charge is 0.380 e. The molecule has 19 heavy (non-hydrogen) atoms. The van der Waals surface area contributed by atoms with Crippen LogP contribution in [0.2, 0.25) is 0 Å². The minimum absolute atomic E-state index is 0.304. The molecule has 0 aromatic carbocycles. The number of hydrogen-bond acceptors (Lipinski definition) is 5. The molecule has 4 nitrogen and oxygen atoms in total. The summed E-state index contributed by atoms with van der Waals surface area (Å²) in [5.41, 5.74) is 2.59. The minimum Gasteiger partial charge on any atom is -0.380 e. The highest BCUT2D eigenvalue weighted by Gasteiger charge is 2.09. The molecule has 0 radical (unpaired) electrons. The Labute approximate surface area is 113 Å². The molecule has 0 saturated heterocycles. The van der Waals surface area contributed by atoms with Crippen molar-refractivity contribution in [3.63, 3.8) is 0 Å². The highest BCUT2D eigenvalue weighted by molar-refractivity contribution is 7.99. The molecule has 1 N–H and O–H groups in total. The number of aryl methyl sites for hydroxylation is 2. The van der Waals surface area contributed by atoms with Gasteiger partial charge in [0.25, 0.3) is 5.76 Å². The SMILES string of the molecule is Cc1noc(C)c1CNc1ccc(SC(F)F)nc1. The number of halogens is 2. The molecule has 2 aromatic heterocycles. The summed E-state index contributed by atoms with van der Waals surface area (Å²) in [6.07, 6.45) is 1.53. The van der Waals surface area contributed by atoms with Gasteiger partial charge in [0.1, 0.15) is 10.8 Å². The lowest BCUT2D eigenvalue weighted by molar-refractivity contribution is 0.252. The summed E-state index contributed by atoms with van der Waals surface area (Å²) >= 11 is 0.431. The normalized spacial score (nSPS) is 11.0. The van der Waals surface area contributed by atoms with Crippen LogP contribution >= 0.6 is 11.8 Å². The Kier molecular flexibility index (Phi) is 4.36. The van der Waals surface area contributed by atoms with Crippen LogP contribution in [0, 0.1) is 13.8 Å². The number of pyridine rings is 1. The van der Waals surface area contributed by atoms with E-state index in [2.05, 4.69) is 15.5 Å². The summed E-state index contributed by atoms with van der Waals surface area (Å²) in [6.45, 7) is 4.27. The van der Waals surface area contributed by atoms with Crippen LogP contribution < -0.4 is 5.32 Å². The Morgan fingerprint density at radius 2 is 2.16 bits per heavy atom. The predicted octanol–water partition coefficient (Wildman–Crippen LogP) is 3.61. The first-order chi connectivity index (χ1) is 9.06. The van der Waals surface area contributed by atoms with Gasteiger partial charge in [0.2, 0.25) is 0 Å². The fourth-order valence-electron chi connectivity index (χ4n) is 1.59. The van der Waals surface area contributed by atoms with Crippen LogP contribution in [0.3, 0.4) is 0 Å². The molecule has 0 amide bonds. The molecule has 0 bridgehead atoms. The summed E-state index contributed by atoms with van der Waals surface area (Å²) in [5.74, 6) is -1.68. The molecular formula is C12H13F2N3OS. The van der Waals surface area contributed by atoms with Gasteiger partial charge in [0.15, 0.2) is 0 Å². The van der Waals surface area contributed by atoms with E-state index in [4.69, 9.17) is 4.52 Å². The van der Waals surface area contributed by atoms with E-state index in [0.717, 1.165) is 22.7 Å². The lowest BCUT2D eigenvalue weighted by Gasteiger charge is -2.06. The van der Waals surface area contributed by atoms with Crippen LogP contribution in [-0.4, -0.2) is 15.9 Å². The van der Waals surface area contributed by atoms with Gasteiger partial charge in [-0.15, -0.1) is 0 Å². The fraction of sp³-hybridized carbons (Fsp3) is 0.333. The summed E-state index contributed by atoms with van der Waals surface area (Å²) < 4.78 is 29.3. The van der Waals surface area contributed by atoms with Gasteiger partial charge in [-0.3, -0.25) is 0 Å². The number of nitrogens with zero attached hydrogens (tertiary/aromatic N) is 2. The van der Waals surface area contributed by atoms with E-state index in [-0.39, 0.29) is 0 Å². The zero-order valence-electron chi connectivity index (χ0n) is 10.5. The van der Waals surface area contributed by atoms with Crippen LogP contribution in [-0.2, 0) is 6.54 Å². The van der Waals surface area contributed by atoms with E-state index in [1.165, 1.54) is 6.20 Å². The second-order valence-corrected chi connectivity index (χ2v) is 4.93. The molecular weight excluding hydrogens is 272 g/mol. The second kappa shape index (κ2) is 6.01. The fourth-order valence-corrected chi connectivity index (χ4v) is 2.03. The maximum Gasteiger partial charge on any atom is 0.290 e. The van der Waals surface area contributed by atoms with Crippen molar-refractivity contribution in [2.24, 2.45) is 0 Å². The van der Waals surface area contributed by atoms with E-state index in [1.807, 2.05) is 13.8 Å². The number of alkyl halides is 2. The smallest absolute Gasteiger partial charge is 0.290 e. The zero-order chi connectivity index (χ0) is 13.8. The van der Waals surface area contributed by atoms with Gasteiger partial charge in [0, 0.05) is 12.1 Å². The number of thioether (sulfide) groups is 1. The van der Waals surface area contributed by atoms with E-state index in [9.17, 15) is 8.78 Å². The van der Waals surface area contributed by atoms with Crippen LogP contribution in [0.5, 0.6) is 0 Å². The molecule has 0 spiro atoms. The second-order valence-electron chi connectivity index (χ2n) is 3.92. The molecule has 7 heteroatoms. The Balaban J connectivity index is 1.97. The lowest BCUT2D eigenvalue weighted by Crippen LogP contribution is -2.01. The molecule has 0 aliphatic carbocycles. The van der Waals surface area contributed by atoms with Gasteiger partial charge in [-0.2, -0.15) is 8.78 Å². The summed E-state index contributed by atoms with van der Waals surface area (Å²) in [5, 5.41) is 7.31. The van der Waals surface area contributed by atoms with E-state index in [1.54, 1.807) is 12.1 Å². The first-order valence-corrected chi connectivity index (χ1v) is 6.50. The Morgan fingerprint density at radius 1 is 1.37 bits per heavy atom. The topological polar surface area (TPSA) is 51.0 Å². The van der Waals surface area contributed by atoms with Crippen LogP contribution in [0.15, 0.2) is 27.9 Å². The standard InChI is InChI=1S/C12H13F2N3OS/c1-7-10(8(2)18-17-7)6-15-9-3-4-11(16-5-9)19-12(13)14/h3-5,12,15H,6H2,1-2H3. The van der Waals surface area contributed by atoms with Gasteiger partial charge < -0.3 is 9.84 Å². The highest BCUT2D eigenvalue weighted by atomic mass is 32.2. The van der Waals surface area contributed by atoms with Gasteiger partial charge in [-0.05, 0) is 37.7 Å². The summed E-state index contributed by atoms with van der Waals surface area (Å²) in [7, 11) is 0. The molecule has 0 saturated carbocycles. The maximum absolute atomic E-state index is 12.1. The third kappa shape index (κ3) is 3.66. The van der Waals surface area contributed by atoms with E-state index in [0.29, 0.717) is 23.3 Å². The lowest BCUT2D eigenvalue weighted by atomic mass is 10.2. The molecule has 102 valence electrons. The highest BCUT2D eigenvalue weighted by Crippen LogP contribution is 2.24. The molecule has 2 rings (SSSR count). The van der Waals surface area contributed by atoms with Crippen molar-refractivity contribution in [1.29, 1.82) is 0 Å². The van der Waals surface area contributed by atoms with E-state index >= 15 is 0 Å². The number of anilines is 1. The molecule has 0 aliphatic heterocycles. The van der Waals surface area contributed by atoms with Gasteiger partial charge >= 0.3 is 0 Å². The zero-order valence-corrected chi connectivity index (χ0v) is 11.3. The van der Waals surface area contributed by atoms with Gasteiger partial charge in [0.05, 0.1) is 17.6 Å². The average molecular weight is 285 g/mol.